The number of rotatable bonds is 11. The minimum Gasteiger partial charge on any atom is -0.480 e. The van der Waals surface area contributed by atoms with Gasteiger partial charge >= 0.3 is 11.9 Å². The topological polar surface area (TPSA) is 88.8 Å². The average molecular weight is 406 g/mol. The molecule has 0 bridgehead atoms. The lowest BCUT2D eigenvalue weighted by atomic mass is 10.1. The van der Waals surface area contributed by atoms with E-state index in [9.17, 15) is 14.7 Å². The molecule has 7 heteroatoms. The Morgan fingerprint density at radius 1 is 1.25 bits per heavy atom. The lowest BCUT2D eigenvalue weighted by Crippen LogP contribution is -2.27. The molecule has 0 fully saturated rings. The molecule has 0 spiro atoms. The number of esters is 1. The second-order valence-electron chi connectivity index (χ2n) is 6.84. The molecule has 2 N–H and O–H groups in total. The number of ether oxygens (including phenoxy) is 1. The Labute approximate surface area is 169 Å². The van der Waals surface area contributed by atoms with Crippen molar-refractivity contribution >= 4 is 23.7 Å². The summed E-state index contributed by atoms with van der Waals surface area (Å²) in [5.41, 5.74) is 1.12. The van der Waals surface area contributed by atoms with Crippen LogP contribution in [0.4, 0.5) is 0 Å². The van der Waals surface area contributed by atoms with E-state index in [0.29, 0.717) is 18.9 Å². The SMILES string of the molecule is CCOC(=O)CC(NCCc1ccc(SC(C)(C)C(=O)O)cc1)c1ccco1. The zero-order valence-electron chi connectivity index (χ0n) is 16.4. The Morgan fingerprint density at radius 2 is 1.96 bits per heavy atom. The first-order valence-corrected chi connectivity index (χ1v) is 10.1. The number of hydrogen-bond acceptors (Lipinski definition) is 6. The highest BCUT2D eigenvalue weighted by Gasteiger charge is 2.28. The number of carboxylic acids is 1. The number of hydrogen-bond donors (Lipinski definition) is 2. The number of aliphatic carboxylic acids is 1. The van der Waals surface area contributed by atoms with Gasteiger partial charge in [0.1, 0.15) is 10.5 Å². The Hall–Kier alpha value is -2.25. The molecule has 0 amide bonds. The Kier molecular flexibility index (Phi) is 8.14. The van der Waals surface area contributed by atoms with Gasteiger partial charge in [-0.1, -0.05) is 12.1 Å². The van der Waals surface area contributed by atoms with Crippen LogP contribution in [0.1, 0.15) is 44.6 Å². The van der Waals surface area contributed by atoms with Crippen molar-refractivity contribution in [3.63, 3.8) is 0 Å². The van der Waals surface area contributed by atoms with Crippen LogP contribution in [0, 0.1) is 0 Å². The molecule has 1 atom stereocenters. The number of nitrogens with one attached hydrogen (secondary N) is 1. The minimum atomic E-state index is -0.869. The van der Waals surface area contributed by atoms with Gasteiger partial charge in [-0.25, -0.2) is 0 Å². The second kappa shape index (κ2) is 10.3. The number of carboxylic acid groups (broad SMARTS) is 1. The number of benzene rings is 1. The van der Waals surface area contributed by atoms with Gasteiger partial charge in [0, 0.05) is 4.90 Å². The van der Waals surface area contributed by atoms with Gasteiger partial charge in [-0.15, -0.1) is 11.8 Å². The number of carbonyl (C=O) groups is 2. The molecule has 0 saturated carbocycles. The standard InChI is InChI=1S/C21H27NO5S/c1-4-26-19(23)14-17(18-6-5-13-27-18)22-12-11-15-7-9-16(10-8-15)28-21(2,3)20(24)25/h5-10,13,17,22H,4,11-12,14H2,1-3H3,(H,24,25). The Morgan fingerprint density at radius 3 is 2.54 bits per heavy atom. The van der Waals surface area contributed by atoms with Crippen LogP contribution in [0.25, 0.3) is 0 Å². The molecule has 1 heterocycles. The quantitative estimate of drug-likeness (QED) is 0.430. The normalized spacial score (nSPS) is 12.5. The third-order valence-corrected chi connectivity index (χ3v) is 5.37. The van der Waals surface area contributed by atoms with Crippen LogP contribution in [0.15, 0.2) is 52.0 Å². The predicted molar refractivity (Wildman–Crippen MR) is 108 cm³/mol. The molecule has 1 aromatic carbocycles. The molecule has 0 aliphatic carbocycles. The van der Waals surface area contributed by atoms with Crippen molar-refractivity contribution in [2.45, 2.75) is 49.3 Å². The van der Waals surface area contributed by atoms with Crippen LogP contribution < -0.4 is 5.32 Å². The number of furan rings is 1. The van der Waals surface area contributed by atoms with Crippen LogP contribution in [0.3, 0.4) is 0 Å². The van der Waals surface area contributed by atoms with E-state index in [4.69, 9.17) is 9.15 Å². The summed E-state index contributed by atoms with van der Waals surface area (Å²) in [5.74, 6) is -0.397. The summed E-state index contributed by atoms with van der Waals surface area (Å²) >= 11 is 1.32. The summed E-state index contributed by atoms with van der Waals surface area (Å²) < 4.78 is 9.61. The Bertz CT molecular complexity index is 756. The fourth-order valence-corrected chi connectivity index (χ4v) is 3.55. The van der Waals surface area contributed by atoms with Crippen LogP contribution in [-0.2, 0) is 20.7 Å². The largest absolute Gasteiger partial charge is 0.480 e. The predicted octanol–water partition coefficient (Wildman–Crippen LogP) is 4.06. The third kappa shape index (κ3) is 6.73. The fraction of sp³-hybridized carbons (Fsp3) is 0.429. The third-order valence-electron chi connectivity index (χ3n) is 4.18. The second-order valence-corrected chi connectivity index (χ2v) is 8.54. The highest BCUT2D eigenvalue weighted by Crippen LogP contribution is 2.32. The van der Waals surface area contributed by atoms with Crippen molar-refractivity contribution in [3.05, 3.63) is 54.0 Å². The molecule has 2 aromatic rings. The Balaban J connectivity index is 1.89. The van der Waals surface area contributed by atoms with Crippen molar-refractivity contribution in [1.29, 1.82) is 0 Å². The molecule has 0 saturated heterocycles. The first kappa shape index (κ1) is 22.0. The highest BCUT2D eigenvalue weighted by atomic mass is 32.2. The molecule has 1 unspecified atom stereocenters. The van der Waals surface area contributed by atoms with Gasteiger partial charge in [0.2, 0.25) is 0 Å². The smallest absolute Gasteiger partial charge is 0.319 e. The molecule has 0 radical (unpaired) electrons. The molecule has 152 valence electrons. The van der Waals surface area contributed by atoms with Crippen molar-refractivity contribution in [2.24, 2.45) is 0 Å². The van der Waals surface area contributed by atoms with Crippen LogP contribution in [0.5, 0.6) is 0 Å². The molecule has 1 aromatic heterocycles. The monoisotopic (exact) mass is 405 g/mol. The van der Waals surface area contributed by atoms with Gasteiger partial charge in [0.25, 0.3) is 0 Å². The van der Waals surface area contributed by atoms with E-state index in [-0.39, 0.29) is 18.4 Å². The molecule has 0 aliphatic rings. The van der Waals surface area contributed by atoms with E-state index in [1.54, 1.807) is 33.1 Å². The summed E-state index contributed by atoms with van der Waals surface area (Å²) in [7, 11) is 0. The summed E-state index contributed by atoms with van der Waals surface area (Å²) in [5, 5.41) is 12.6. The molecule has 0 aliphatic heterocycles. The first-order valence-electron chi connectivity index (χ1n) is 9.25. The molecule has 6 nitrogen and oxygen atoms in total. The molecular weight excluding hydrogens is 378 g/mol. The maximum absolute atomic E-state index is 11.8. The maximum atomic E-state index is 11.8. The van der Waals surface area contributed by atoms with Gasteiger partial charge in [0.15, 0.2) is 0 Å². The van der Waals surface area contributed by atoms with E-state index < -0.39 is 10.7 Å². The molecule has 28 heavy (non-hydrogen) atoms. The zero-order valence-corrected chi connectivity index (χ0v) is 17.3. The van der Waals surface area contributed by atoms with Gasteiger partial charge in [0.05, 0.1) is 25.3 Å². The number of carbonyl (C=O) groups excluding carboxylic acids is 1. The van der Waals surface area contributed by atoms with E-state index in [2.05, 4.69) is 5.32 Å². The van der Waals surface area contributed by atoms with Crippen molar-refractivity contribution in [1.82, 2.24) is 5.32 Å². The van der Waals surface area contributed by atoms with Gasteiger partial charge < -0.3 is 19.6 Å². The minimum absolute atomic E-state index is 0.210. The van der Waals surface area contributed by atoms with Crippen molar-refractivity contribution < 1.29 is 23.8 Å². The number of thioether (sulfide) groups is 1. The van der Waals surface area contributed by atoms with E-state index >= 15 is 0 Å². The van der Waals surface area contributed by atoms with Gasteiger partial charge in [-0.2, -0.15) is 0 Å². The van der Waals surface area contributed by atoms with Crippen molar-refractivity contribution in [2.75, 3.05) is 13.2 Å². The zero-order chi connectivity index (χ0) is 20.6. The van der Waals surface area contributed by atoms with Crippen LogP contribution >= 0.6 is 11.8 Å². The highest BCUT2D eigenvalue weighted by molar-refractivity contribution is 8.01. The lowest BCUT2D eigenvalue weighted by molar-refractivity contribution is -0.144. The van der Waals surface area contributed by atoms with Crippen LogP contribution in [0.2, 0.25) is 0 Å². The summed E-state index contributed by atoms with van der Waals surface area (Å²) in [4.78, 5) is 24.0. The summed E-state index contributed by atoms with van der Waals surface area (Å²) in [6.45, 7) is 6.18. The first-order chi connectivity index (χ1) is 13.3. The maximum Gasteiger partial charge on any atom is 0.319 e. The van der Waals surface area contributed by atoms with E-state index in [1.807, 2.05) is 30.3 Å². The summed E-state index contributed by atoms with van der Waals surface area (Å²) in [6, 6.07) is 11.3. The lowest BCUT2D eigenvalue weighted by Gasteiger charge is -2.18. The van der Waals surface area contributed by atoms with Crippen LogP contribution in [-0.4, -0.2) is 34.9 Å². The van der Waals surface area contributed by atoms with Crippen molar-refractivity contribution in [3.8, 4) is 0 Å². The average Bonchev–Trinajstić information content (AvgIpc) is 3.17. The molecule has 2 rings (SSSR count). The van der Waals surface area contributed by atoms with Gasteiger partial charge in [-0.05, 0) is 63.6 Å². The van der Waals surface area contributed by atoms with E-state index in [0.717, 1.165) is 16.9 Å². The van der Waals surface area contributed by atoms with E-state index in [1.165, 1.54) is 11.8 Å². The van der Waals surface area contributed by atoms with Gasteiger partial charge in [-0.3, -0.25) is 9.59 Å². The summed E-state index contributed by atoms with van der Waals surface area (Å²) in [6.07, 6.45) is 2.57. The fourth-order valence-electron chi connectivity index (χ4n) is 2.60. The molecular formula is C21H27NO5S.